The van der Waals surface area contributed by atoms with Gasteiger partial charge in [-0.15, -0.1) is 0 Å². The first-order valence-electron chi connectivity index (χ1n) is 4.65. The van der Waals surface area contributed by atoms with E-state index in [1.807, 2.05) is 0 Å². The summed E-state index contributed by atoms with van der Waals surface area (Å²) in [4.78, 5) is 24.3. The molecule has 2 heterocycles. The van der Waals surface area contributed by atoms with Crippen LogP contribution in [0.4, 0.5) is 4.79 Å². The van der Waals surface area contributed by atoms with E-state index in [0.717, 1.165) is 5.06 Å². The van der Waals surface area contributed by atoms with Gasteiger partial charge in [-0.25, -0.2) is 9.86 Å². The smallest absolute Gasteiger partial charge is 0.344 e. The van der Waals surface area contributed by atoms with Crippen LogP contribution in [-0.2, 0) is 4.79 Å². The third kappa shape index (κ3) is 1.14. The Morgan fingerprint density at radius 1 is 1.57 bits per heavy atom. The monoisotopic (exact) mass is 199 g/mol. The Hall–Kier alpha value is -1.30. The molecule has 6 heteroatoms. The largest absolute Gasteiger partial charge is 0.357 e. The molecule has 2 aliphatic heterocycles. The van der Waals surface area contributed by atoms with Gasteiger partial charge in [0.2, 0.25) is 5.91 Å². The first-order valence-corrected chi connectivity index (χ1v) is 4.65. The SMILES string of the molecule is CNC(=O)C1CCC2CN1C(=O)N2O. The Kier molecular flexibility index (Phi) is 2.07. The number of carbonyl (C=O) groups is 2. The van der Waals surface area contributed by atoms with Gasteiger partial charge in [-0.1, -0.05) is 0 Å². The van der Waals surface area contributed by atoms with Crippen LogP contribution in [0.25, 0.3) is 0 Å². The van der Waals surface area contributed by atoms with Gasteiger partial charge in [0.05, 0.1) is 6.04 Å². The molecule has 0 aromatic rings. The molecule has 0 aromatic carbocycles. The van der Waals surface area contributed by atoms with Gasteiger partial charge in [-0.05, 0) is 12.8 Å². The molecule has 2 fully saturated rings. The van der Waals surface area contributed by atoms with E-state index in [1.54, 1.807) is 7.05 Å². The molecule has 0 aromatic heterocycles. The number of nitrogens with zero attached hydrogens (tertiary/aromatic N) is 2. The number of urea groups is 1. The molecule has 6 nitrogen and oxygen atoms in total. The highest BCUT2D eigenvalue weighted by Gasteiger charge is 2.46. The van der Waals surface area contributed by atoms with Crippen molar-refractivity contribution in [3.05, 3.63) is 0 Å². The van der Waals surface area contributed by atoms with Crippen LogP contribution in [0.1, 0.15) is 12.8 Å². The van der Waals surface area contributed by atoms with Crippen LogP contribution in [-0.4, -0.2) is 52.8 Å². The second-order valence-corrected chi connectivity index (χ2v) is 3.64. The molecule has 78 valence electrons. The summed E-state index contributed by atoms with van der Waals surface area (Å²) in [5, 5.41) is 12.6. The predicted molar refractivity (Wildman–Crippen MR) is 46.6 cm³/mol. The highest BCUT2D eigenvalue weighted by atomic mass is 16.5. The van der Waals surface area contributed by atoms with E-state index in [1.165, 1.54) is 4.90 Å². The number of fused-ring (bicyclic) bond motifs is 2. The van der Waals surface area contributed by atoms with Crippen LogP contribution in [0.5, 0.6) is 0 Å². The van der Waals surface area contributed by atoms with Crippen molar-refractivity contribution in [2.75, 3.05) is 13.6 Å². The van der Waals surface area contributed by atoms with Gasteiger partial charge in [-0.3, -0.25) is 10.0 Å². The average Bonchev–Trinajstić information content (AvgIpc) is 2.44. The maximum atomic E-state index is 11.4. The molecule has 3 amide bonds. The van der Waals surface area contributed by atoms with Gasteiger partial charge >= 0.3 is 6.03 Å². The summed E-state index contributed by atoms with van der Waals surface area (Å²) >= 11 is 0. The lowest BCUT2D eigenvalue weighted by molar-refractivity contribution is -0.125. The van der Waals surface area contributed by atoms with Crippen LogP contribution in [0.3, 0.4) is 0 Å². The number of hydrogen-bond donors (Lipinski definition) is 2. The summed E-state index contributed by atoms with van der Waals surface area (Å²) in [6.45, 7) is 0.452. The van der Waals surface area contributed by atoms with Crippen LogP contribution >= 0.6 is 0 Å². The standard InChI is InChI=1S/C8H13N3O3/c1-9-7(12)6-3-2-5-4-10(6)8(13)11(5)14/h5-6,14H,2-4H2,1H3,(H,9,12). The lowest BCUT2D eigenvalue weighted by Crippen LogP contribution is -2.48. The molecule has 0 spiro atoms. The molecule has 14 heavy (non-hydrogen) atoms. The van der Waals surface area contributed by atoms with Crippen molar-refractivity contribution in [2.24, 2.45) is 0 Å². The molecule has 2 rings (SSSR count). The fourth-order valence-electron chi connectivity index (χ4n) is 2.09. The minimum Gasteiger partial charge on any atom is -0.357 e. The third-order valence-corrected chi connectivity index (χ3v) is 2.89. The summed E-state index contributed by atoms with van der Waals surface area (Å²) in [6, 6.07) is -1.01. The summed E-state index contributed by atoms with van der Waals surface area (Å²) in [5.41, 5.74) is 0. The van der Waals surface area contributed by atoms with Crippen molar-refractivity contribution in [3.8, 4) is 0 Å². The summed E-state index contributed by atoms with van der Waals surface area (Å²) in [5.74, 6) is -0.160. The number of hydroxylamine groups is 2. The summed E-state index contributed by atoms with van der Waals surface area (Å²) < 4.78 is 0. The maximum absolute atomic E-state index is 11.4. The Labute approximate surface area is 81.4 Å². The van der Waals surface area contributed by atoms with Crippen LogP contribution in [0.15, 0.2) is 0 Å². The van der Waals surface area contributed by atoms with Gasteiger partial charge in [0, 0.05) is 13.6 Å². The highest BCUT2D eigenvalue weighted by molar-refractivity contribution is 5.88. The second-order valence-electron chi connectivity index (χ2n) is 3.64. The average molecular weight is 199 g/mol. The maximum Gasteiger partial charge on any atom is 0.344 e. The molecule has 2 unspecified atom stereocenters. The van der Waals surface area contributed by atoms with E-state index in [0.29, 0.717) is 19.4 Å². The van der Waals surface area contributed by atoms with Crippen molar-refractivity contribution in [1.82, 2.24) is 15.3 Å². The molecular formula is C8H13N3O3. The zero-order valence-electron chi connectivity index (χ0n) is 7.93. The number of piperidine rings is 1. The number of amides is 3. The van der Waals surface area contributed by atoms with Gasteiger partial charge in [0.25, 0.3) is 0 Å². The van der Waals surface area contributed by atoms with E-state index in [9.17, 15) is 14.8 Å². The van der Waals surface area contributed by atoms with Crippen molar-refractivity contribution < 1.29 is 14.8 Å². The van der Waals surface area contributed by atoms with E-state index < -0.39 is 12.1 Å². The van der Waals surface area contributed by atoms with E-state index in [2.05, 4.69) is 5.32 Å². The molecule has 0 aliphatic carbocycles. The molecular weight excluding hydrogens is 186 g/mol. The van der Waals surface area contributed by atoms with Crippen molar-refractivity contribution >= 4 is 11.9 Å². The van der Waals surface area contributed by atoms with Crippen LogP contribution in [0, 0.1) is 0 Å². The Bertz CT molecular complexity index is 281. The van der Waals surface area contributed by atoms with Gasteiger partial charge in [0.1, 0.15) is 6.04 Å². The number of carbonyl (C=O) groups excluding carboxylic acids is 2. The fourth-order valence-corrected chi connectivity index (χ4v) is 2.09. The van der Waals surface area contributed by atoms with Crippen molar-refractivity contribution in [1.29, 1.82) is 0 Å². The van der Waals surface area contributed by atoms with Crippen molar-refractivity contribution in [3.63, 3.8) is 0 Å². The lowest BCUT2D eigenvalue weighted by Gasteiger charge is -2.28. The fraction of sp³-hybridized carbons (Fsp3) is 0.750. The molecule has 0 saturated carbocycles. The summed E-state index contributed by atoms with van der Waals surface area (Å²) in [7, 11) is 1.55. The minimum absolute atomic E-state index is 0.136. The Morgan fingerprint density at radius 2 is 2.29 bits per heavy atom. The summed E-state index contributed by atoms with van der Waals surface area (Å²) in [6.07, 6.45) is 1.30. The molecule has 2 aliphatic rings. The van der Waals surface area contributed by atoms with Crippen molar-refractivity contribution in [2.45, 2.75) is 24.9 Å². The highest BCUT2D eigenvalue weighted by Crippen LogP contribution is 2.28. The number of likely N-dealkylation sites (N-methyl/N-ethyl adjacent to an activating group) is 1. The first kappa shape index (κ1) is 9.26. The molecule has 2 saturated heterocycles. The Balaban J connectivity index is 2.17. The van der Waals surface area contributed by atoms with E-state index in [4.69, 9.17) is 0 Å². The van der Waals surface area contributed by atoms with Crippen LogP contribution in [0.2, 0.25) is 0 Å². The first-order chi connectivity index (χ1) is 6.65. The predicted octanol–water partition coefficient (Wildman–Crippen LogP) is -0.610. The quantitative estimate of drug-likeness (QED) is 0.553. The topological polar surface area (TPSA) is 72.9 Å². The van der Waals surface area contributed by atoms with E-state index in [-0.39, 0.29) is 11.9 Å². The number of rotatable bonds is 1. The molecule has 0 radical (unpaired) electrons. The minimum atomic E-state index is -0.457. The van der Waals surface area contributed by atoms with Crippen LogP contribution < -0.4 is 5.32 Å². The molecule has 2 bridgehead atoms. The zero-order valence-corrected chi connectivity index (χ0v) is 7.93. The second kappa shape index (κ2) is 3.13. The zero-order chi connectivity index (χ0) is 10.3. The lowest BCUT2D eigenvalue weighted by atomic mass is 10.0. The normalized spacial score (nSPS) is 30.9. The Morgan fingerprint density at radius 3 is 2.93 bits per heavy atom. The number of hydrogen-bond acceptors (Lipinski definition) is 3. The molecule has 2 atom stereocenters. The van der Waals surface area contributed by atoms with E-state index >= 15 is 0 Å². The third-order valence-electron chi connectivity index (χ3n) is 2.89. The van der Waals surface area contributed by atoms with Gasteiger partial charge < -0.3 is 10.2 Å². The van der Waals surface area contributed by atoms with Gasteiger partial charge in [-0.2, -0.15) is 0 Å². The molecule has 2 N–H and O–H groups in total. The van der Waals surface area contributed by atoms with Gasteiger partial charge in [0.15, 0.2) is 0 Å². The number of nitrogens with one attached hydrogen (secondary N) is 1.